The molecule has 0 aliphatic heterocycles. The van der Waals surface area contributed by atoms with Crippen LogP contribution in [0.2, 0.25) is 0 Å². The first-order valence-corrected chi connectivity index (χ1v) is 5.48. The minimum atomic E-state index is 0.771. The second-order valence-corrected chi connectivity index (χ2v) is 4.15. The molecule has 3 rings (SSSR count). The predicted octanol–water partition coefficient (Wildman–Crippen LogP) is 3.26. The highest BCUT2D eigenvalue weighted by molar-refractivity contribution is 7.17. The number of rotatable bonds is 1. The van der Waals surface area contributed by atoms with Gasteiger partial charge in [0.2, 0.25) is 0 Å². The van der Waals surface area contributed by atoms with Crippen LogP contribution in [0.15, 0.2) is 34.3 Å². The van der Waals surface area contributed by atoms with Gasteiger partial charge in [0.15, 0.2) is 5.76 Å². The highest BCUT2D eigenvalue weighted by Gasteiger charge is 2.10. The molecule has 0 aliphatic rings. The van der Waals surface area contributed by atoms with Gasteiger partial charge in [0, 0.05) is 0 Å². The third-order valence-electron chi connectivity index (χ3n) is 2.17. The summed E-state index contributed by atoms with van der Waals surface area (Å²) in [7, 11) is 0. The Labute approximate surface area is 90.4 Å². The molecule has 3 aromatic rings. The summed E-state index contributed by atoms with van der Waals surface area (Å²) in [5, 5.41) is 2.02. The van der Waals surface area contributed by atoms with Gasteiger partial charge in [-0.2, -0.15) is 0 Å². The van der Waals surface area contributed by atoms with Gasteiger partial charge in [0.1, 0.15) is 11.5 Å². The maximum Gasteiger partial charge on any atom is 0.153 e. The zero-order valence-electron chi connectivity index (χ0n) is 8.10. The maximum atomic E-state index is 5.37. The molecule has 0 saturated heterocycles. The fourth-order valence-electron chi connectivity index (χ4n) is 1.56. The summed E-state index contributed by atoms with van der Waals surface area (Å²) in [5.74, 6) is 1.57. The number of aryl methyl sites for hydroxylation is 1. The van der Waals surface area contributed by atoms with Gasteiger partial charge < -0.3 is 4.42 Å². The molecule has 0 fully saturated rings. The van der Waals surface area contributed by atoms with Crippen molar-refractivity contribution >= 4 is 21.6 Å². The molecule has 0 radical (unpaired) electrons. The van der Waals surface area contributed by atoms with Crippen molar-refractivity contribution in [1.29, 1.82) is 0 Å². The van der Waals surface area contributed by atoms with E-state index in [1.165, 1.54) is 0 Å². The van der Waals surface area contributed by atoms with Crippen molar-refractivity contribution in [3.63, 3.8) is 0 Å². The Morgan fingerprint density at radius 3 is 3.00 bits per heavy atom. The quantitative estimate of drug-likeness (QED) is 0.626. The average molecular weight is 216 g/mol. The zero-order chi connectivity index (χ0) is 10.3. The fraction of sp³-hybridized carbons (Fsp3) is 0.0909. The van der Waals surface area contributed by atoms with E-state index in [1.54, 1.807) is 17.6 Å². The second kappa shape index (κ2) is 3.17. The molecule has 0 amide bonds. The smallest absolute Gasteiger partial charge is 0.153 e. The summed E-state index contributed by atoms with van der Waals surface area (Å²) < 4.78 is 6.45. The fourth-order valence-corrected chi connectivity index (χ4v) is 2.39. The van der Waals surface area contributed by atoms with E-state index in [1.807, 2.05) is 30.5 Å². The molecule has 0 spiro atoms. The monoisotopic (exact) mass is 216 g/mol. The molecule has 3 aromatic heterocycles. The molecular weight excluding hydrogens is 208 g/mol. The van der Waals surface area contributed by atoms with E-state index in [0.717, 1.165) is 27.5 Å². The summed E-state index contributed by atoms with van der Waals surface area (Å²) in [6.45, 7) is 1.89. The number of fused-ring (bicyclic) bond motifs is 1. The Morgan fingerprint density at radius 1 is 1.27 bits per heavy atom. The largest absolute Gasteiger partial charge is 0.463 e. The molecule has 0 bridgehead atoms. The second-order valence-electron chi connectivity index (χ2n) is 3.23. The molecule has 0 saturated carbocycles. The summed E-state index contributed by atoms with van der Waals surface area (Å²) in [4.78, 5) is 8.79. The number of thiophene rings is 1. The van der Waals surface area contributed by atoms with Crippen LogP contribution in [0.3, 0.4) is 0 Å². The lowest BCUT2D eigenvalue weighted by Crippen LogP contribution is -1.90. The molecule has 0 N–H and O–H groups in total. The Balaban J connectivity index is 2.38. The van der Waals surface area contributed by atoms with Gasteiger partial charge in [-0.15, -0.1) is 11.3 Å². The van der Waals surface area contributed by atoms with Crippen LogP contribution in [0.25, 0.3) is 21.7 Å². The van der Waals surface area contributed by atoms with Crippen LogP contribution in [0, 0.1) is 6.92 Å². The van der Waals surface area contributed by atoms with E-state index in [9.17, 15) is 0 Å². The third-order valence-corrected chi connectivity index (χ3v) is 3.08. The minimum absolute atomic E-state index is 0.771. The Kier molecular flexibility index (Phi) is 1.82. The molecular formula is C11H8N2OS. The lowest BCUT2D eigenvalue weighted by Gasteiger charge is -1.99. The molecule has 0 aliphatic carbocycles. The van der Waals surface area contributed by atoms with Crippen molar-refractivity contribution in [3.8, 4) is 11.5 Å². The van der Waals surface area contributed by atoms with Crippen LogP contribution in [-0.2, 0) is 0 Å². The summed E-state index contributed by atoms with van der Waals surface area (Å²) >= 11 is 1.64. The van der Waals surface area contributed by atoms with E-state index < -0.39 is 0 Å². The van der Waals surface area contributed by atoms with E-state index >= 15 is 0 Å². The zero-order valence-corrected chi connectivity index (χ0v) is 8.91. The first-order valence-electron chi connectivity index (χ1n) is 4.60. The minimum Gasteiger partial charge on any atom is -0.463 e. The first-order chi connectivity index (χ1) is 7.34. The van der Waals surface area contributed by atoms with Crippen molar-refractivity contribution in [2.75, 3.05) is 0 Å². The molecule has 4 heteroatoms. The topological polar surface area (TPSA) is 38.9 Å². The number of nitrogens with zero attached hydrogens (tertiary/aromatic N) is 2. The van der Waals surface area contributed by atoms with Crippen molar-refractivity contribution in [2.45, 2.75) is 6.92 Å². The highest BCUT2D eigenvalue weighted by Crippen LogP contribution is 2.30. The van der Waals surface area contributed by atoms with Crippen molar-refractivity contribution in [2.24, 2.45) is 0 Å². The standard InChI is InChI=1S/C11H8N2OS/c1-7-12-8-4-6-15-11(8)10(13-7)9-3-2-5-14-9/h2-6H,1H3. The van der Waals surface area contributed by atoms with Crippen LogP contribution < -0.4 is 0 Å². The summed E-state index contributed by atoms with van der Waals surface area (Å²) in [5.41, 5.74) is 1.87. The lowest BCUT2D eigenvalue weighted by atomic mass is 10.3. The van der Waals surface area contributed by atoms with Crippen molar-refractivity contribution < 1.29 is 4.42 Å². The summed E-state index contributed by atoms with van der Waals surface area (Å²) in [6, 6.07) is 5.79. The lowest BCUT2D eigenvalue weighted by molar-refractivity contribution is 0.580. The average Bonchev–Trinajstić information content (AvgIpc) is 2.86. The van der Waals surface area contributed by atoms with Crippen LogP contribution in [0.4, 0.5) is 0 Å². The van der Waals surface area contributed by atoms with E-state index in [2.05, 4.69) is 9.97 Å². The highest BCUT2D eigenvalue weighted by atomic mass is 32.1. The van der Waals surface area contributed by atoms with Crippen LogP contribution in [0.5, 0.6) is 0 Å². The van der Waals surface area contributed by atoms with Gasteiger partial charge in [-0.1, -0.05) is 0 Å². The van der Waals surface area contributed by atoms with Crippen LogP contribution >= 0.6 is 11.3 Å². The molecule has 3 nitrogen and oxygen atoms in total. The number of furan rings is 1. The van der Waals surface area contributed by atoms with Gasteiger partial charge >= 0.3 is 0 Å². The normalized spacial score (nSPS) is 11.0. The van der Waals surface area contributed by atoms with Gasteiger partial charge in [-0.05, 0) is 30.5 Å². The SMILES string of the molecule is Cc1nc(-c2ccco2)c2sccc2n1. The maximum absolute atomic E-state index is 5.37. The third kappa shape index (κ3) is 1.34. The molecule has 0 aromatic carbocycles. The predicted molar refractivity (Wildman–Crippen MR) is 59.9 cm³/mol. The number of hydrogen-bond donors (Lipinski definition) is 0. The van der Waals surface area contributed by atoms with Gasteiger partial charge in [-0.3, -0.25) is 0 Å². The van der Waals surface area contributed by atoms with Gasteiger partial charge in [-0.25, -0.2) is 9.97 Å². The van der Waals surface area contributed by atoms with Gasteiger partial charge in [0.05, 0.1) is 16.5 Å². The molecule has 74 valence electrons. The van der Waals surface area contributed by atoms with E-state index in [-0.39, 0.29) is 0 Å². The van der Waals surface area contributed by atoms with E-state index in [4.69, 9.17) is 4.42 Å². The molecule has 0 unspecified atom stereocenters. The molecule has 15 heavy (non-hydrogen) atoms. The van der Waals surface area contributed by atoms with Gasteiger partial charge in [0.25, 0.3) is 0 Å². The number of hydrogen-bond acceptors (Lipinski definition) is 4. The first kappa shape index (κ1) is 8.61. The van der Waals surface area contributed by atoms with Crippen LogP contribution in [0.1, 0.15) is 5.82 Å². The molecule has 3 heterocycles. The Hall–Kier alpha value is -1.68. The Bertz CT molecular complexity index is 598. The summed E-state index contributed by atoms with van der Waals surface area (Å²) in [6.07, 6.45) is 1.66. The number of aromatic nitrogens is 2. The molecule has 0 atom stereocenters. The van der Waals surface area contributed by atoms with Crippen molar-refractivity contribution in [1.82, 2.24) is 9.97 Å². The van der Waals surface area contributed by atoms with Crippen LogP contribution in [-0.4, -0.2) is 9.97 Å². The van der Waals surface area contributed by atoms with Crippen molar-refractivity contribution in [3.05, 3.63) is 35.7 Å². The van der Waals surface area contributed by atoms with E-state index in [0.29, 0.717) is 0 Å². The Morgan fingerprint density at radius 2 is 2.20 bits per heavy atom.